The van der Waals surface area contributed by atoms with Crippen molar-refractivity contribution < 1.29 is 14.6 Å². The number of nitrogens with two attached hydrogens (primary N) is 1. The van der Waals surface area contributed by atoms with Crippen LogP contribution in [-0.2, 0) is 15.3 Å². The van der Waals surface area contributed by atoms with Crippen molar-refractivity contribution in [1.82, 2.24) is 0 Å². The first-order valence-corrected chi connectivity index (χ1v) is 7.70. The smallest absolute Gasteiger partial charge is 0.314 e. The second kappa shape index (κ2) is 6.24. The fourth-order valence-electron chi connectivity index (χ4n) is 1.98. The van der Waals surface area contributed by atoms with E-state index in [4.69, 9.17) is 10.5 Å². The summed E-state index contributed by atoms with van der Waals surface area (Å²) in [7, 11) is 0. The summed E-state index contributed by atoms with van der Waals surface area (Å²) < 4.78 is 5.41. The molecule has 0 aromatic carbocycles. The average Bonchev–Trinajstić information content (AvgIpc) is 2.76. The van der Waals surface area contributed by atoms with Gasteiger partial charge in [0, 0.05) is 0 Å². The highest BCUT2D eigenvalue weighted by Gasteiger charge is 2.42. The first kappa shape index (κ1) is 17.1. The van der Waals surface area contributed by atoms with Crippen LogP contribution in [0.4, 0.5) is 0 Å². The lowest BCUT2D eigenvalue weighted by Gasteiger charge is -2.33. The summed E-state index contributed by atoms with van der Waals surface area (Å²) in [5.41, 5.74) is 3.77. The molecule has 1 aromatic heterocycles. The van der Waals surface area contributed by atoms with Crippen LogP contribution in [0.3, 0.4) is 0 Å². The van der Waals surface area contributed by atoms with Crippen molar-refractivity contribution in [3.8, 4) is 0 Å². The van der Waals surface area contributed by atoms with Crippen molar-refractivity contribution in [2.24, 2.45) is 17.6 Å². The minimum Gasteiger partial charge on any atom is -0.460 e. The van der Waals surface area contributed by atoms with Crippen molar-refractivity contribution in [1.29, 1.82) is 0 Å². The maximum Gasteiger partial charge on any atom is 0.314 e. The van der Waals surface area contributed by atoms with Gasteiger partial charge in [0.05, 0.1) is 4.88 Å². The van der Waals surface area contributed by atoms with Crippen LogP contribution >= 0.6 is 11.3 Å². The van der Waals surface area contributed by atoms with Gasteiger partial charge in [0.1, 0.15) is 11.5 Å². The number of esters is 1. The third kappa shape index (κ3) is 4.58. The Bertz CT molecular complexity index is 432. The molecule has 0 saturated heterocycles. The van der Waals surface area contributed by atoms with Gasteiger partial charge in [-0.25, -0.2) is 0 Å². The lowest BCUT2D eigenvalue weighted by atomic mass is 9.86. The predicted molar refractivity (Wildman–Crippen MR) is 81.2 cm³/mol. The number of hydrogen-bond acceptors (Lipinski definition) is 5. The fraction of sp³-hybridized carbons (Fsp3) is 0.667. The lowest BCUT2D eigenvalue weighted by molar-refractivity contribution is -0.171. The maximum absolute atomic E-state index is 12.4. The Balaban J connectivity index is 3.03. The monoisotopic (exact) mass is 299 g/mol. The van der Waals surface area contributed by atoms with Gasteiger partial charge in [-0.15, -0.1) is 11.3 Å². The minimum atomic E-state index is -1.69. The molecule has 0 aliphatic rings. The largest absolute Gasteiger partial charge is 0.460 e. The Hall–Kier alpha value is -0.910. The summed E-state index contributed by atoms with van der Waals surface area (Å²) in [5, 5.41) is 12.5. The molecule has 1 aromatic rings. The molecule has 0 aliphatic carbocycles. The zero-order chi connectivity index (χ0) is 15.6. The van der Waals surface area contributed by atoms with E-state index in [9.17, 15) is 9.90 Å². The maximum atomic E-state index is 12.4. The summed E-state index contributed by atoms with van der Waals surface area (Å²) in [6, 6.07) is 3.54. The molecular formula is C15H25NO3S. The molecule has 114 valence electrons. The number of thiophene rings is 1. The van der Waals surface area contributed by atoms with E-state index in [1.807, 2.05) is 19.2 Å². The van der Waals surface area contributed by atoms with Crippen LogP contribution in [0.1, 0.15) is 45.9 Å². The van der Waals surface area contributed by atoms with Crippen molar-refractivity contribution in [3.63, 3.8) is 0 Å². The van der Waals surface area contributed by atoms with Gasteiger partial charge in [-0.05, 0) is 44.6 Å². The van der Waals surface area contributed by atoms with Gasteiger partial charge >= 0.3 is 5.97 Å². The molecular weight excluding hydrogens is 274 g/mol. The zero-order valence-electron chi connectivity index (χ0n) is 12.8. The van der Waals surface area contributed by atoms with Gasteiger partial charge in [0.25, 0.3) is 0 Å². The topological polar surface area (TPSA) is 72.5 Å². The molecule has 0 bridgehead atoms. The lowest BCUT2D eigenvalue weighted by Crippen LogP contribution is -2.49. The van der Waals surface area contributed by atoms with E-state index >= 15 is 0 Å². The summed E-state index contributed by atoms with van der Waals surface area (Å²) in [4.78, 5) is 13.0. The minimum absolute atomic E-state index is 0.225. The number of carbonyl (C=O) groups excluding carboxylic acids is 1. The van der Waals surface area contributed by atoms with E-state index in [2.05, 4.69) is 0 Å². The molecule has 4 nitrogen and oxygen atoms in total. The van der Waals surface area contributed by atoms with E-state index in [1.54, 1.807) is 32.9 Å². The van der Waals surface area contributed by atoms with Crippen LogP contribution in [-0.4, -0.2) is 16.7 Å². The Labute approximate surface area is 124 Å². The number of carbonyl (C=O) groups is 1. The third-order valence-electron chi connectivity index (χ3n) is 2.85. The quantitative estimate of drug-likeness (QED) is 0.648. The highest BCUT2D eigenvalue weighted by molar-refractivity contribution is 7.10. The summed E-state index contributed by atoms with van der Waals surface area (Å²) >= 11 is 1.34. The highest BCUT2D eigenvalue weighted by Crippen LogP contribution is 2.34. The molecule has 1 unspecified atom stereocenters. The molecule has 3 N–H and O–H groups in total. The Morgan fingerprint density at radius 2 is 2.05 bits per heavy atom. The standard InChI is InChI=1S/C15H25NO3S/c1-10(2)9-11(13(17)19-14(3,4)5)15(16,18)12-7-6-8-20-12/h6-8,10-11,18H,9,16H2,1-5H3/t11?,15-/m0/s1. The number of rotatable bonds is 5. The van der Waals surface area contributed by atoms with Gasteiger partial charge in [0.15, 0.2) is 5.72 Å². The third-order valence-corrected chi connectivity index (χ3v) is 3.86. The van der Waals surface area contributed by atoms with Crippen molar-refractivity contribution in [3.05, 3.63) is 22.4 Å². The normalized spacial score (nSPS) is 16.8. The number of aliphatic hydroxyl groups is 1. The van der Waals surface area contributed by atoms with Crippen molar-refractivity contribution >= 4 is 17.3 Å². The first-order chi connectivity index (χ1) is 9.04. The van der Waals surface area contributed by atoms with Gasteiger partial charge in [-0.2, -0.15) is 0 Å². The van der Waals surface area contributed by atoms with Crippen LogP contribution in [0.15, 0.2) is 17.5 Å². The molecule has 2 atom stereocenters. The Morgan fingerprint density at radius 3 is 2.45 bits per heavy atom. The van der Waals surface area contributed by atoms with Crippen LogP contribution < -0.4 is 5.73 Å². The predicted octanol–water partition coefficient (Wildman–Crippen LogP) is 2.86. The first-order valence-electron chi connectivity index (χ1n) is 6.82. The highest BCUT2D eigenvalue weighted by atomic mass is 32.1. The average molecular weight is 299 g/mol. The van der Waals surface area contributed by atoms with Crippen LogP contribution in [0.25, 0.3) is 0 Å². The van der Waals surface area contributed by atoms with Crippen molar-refractivity contribution in [2.45, 2.75) is 52.4 Å². The van der Waals surface area contributed by atoms with E-state index in [-0.39, 0.29) is 5.92 Å². The molecule has 0 saturated carbocycles. The molecule has 0 aliphatic heterocycles. The van der Waals surface area contributed by atoms with Gasteiger partial charge in [-0.1, -0.05) is 19.9 Å². The Kier molecular flexibility index (Phi) is 5.35. The summed E-state index contributed by atoms with van der Waals surface area (Å²) in [6.07, 6.45) is 0.472. The molecule has 1 heterocycles. The van der Waals surface area contributed by atoms with Crippen LogP contribution in [0.5, 0.6) is 0 Å². The molecule has 5 heteroatoms. The number of ether oxygens (including phenoxy) is 1. The SMILES string of the molecule is CC(C)CC(C(=O)OC(C)(C)C)[C@](N)(O)c1cccs1. The molecule has 0 fully saturated rings. The summed E-state index contributed by atoms with van der Waals surface area (Å²) in [5.74, 6) is -1.01. The van der Waals surface area contributed by atoms with E-state index in [0.717, 1.165) is 0 Å². The van der Waals surface area contributed by atoms with Crippen molar-refractivity contribution in [2.75, 3.05) is 0 Å². The second-order valence-electron chi connectivity index (χ2n) is 6.52. The van der Waals surface area contributed by atoms with Gasteiger partial charge in [0.2, 0.25) is 0 Å². The van der Waals surface area contributed by atoms with Gasteiger partial charge < -0.3 is 9.84 Å². The second-order valence-corrected chi connectivity index (χ2v) is 7.47. The molecule has 20 heavy (non-hydrogen) atoms. The van der Waals surface area contributed by atoms with E-state index in [1.165, 1.54) is 11.3 Å². The molecule has 0 radical (unpaired) electrons. The molecule has 0 amide bonds. The summed E-state index contributed by atoms with van der Waals surface area (Å²) in [6.45, 7) is 9.39. The van der Waals surface area contributed by atoms with E-state index < -0.39 is 23.2 Å². The van der Waals surface area contributed by atoms with Gasteiger partial charge in [-0.3, -0.25) is 10.5 Å². The van der Waals surface area contributed by atoms with Crippen LogP contribution in [0.2, 0.25) is 0 Å². The fourth-order valence-corrected chi connectivity index (χ4v) is 2.77. The molecule has 1 rings (SSSR count). The zero-order valence-corrected chi connectivity index (χ0v) is 13.7. The number of hydrogen-bond donors (Lipinski definition) is 2. The molecule has 0 spiro atoms. The van der Waals surface area contributed by atoms with E-state index in [0.29, 0.717) is 11.3 Å². The Morgan fingerprint density at radius 1 is 1.45 bits per heavy atom. The van der Waals surface area contributed by atoms with Crippen LogP contribution in [0, 0.1) is 11.8 Å².